The number of alkyl halides is 3. The lowest BCUT2D eigenvalue weighted by molar-refractivity contribution is -0.192. The van der Waals surface area contributed by atoms with Crippen LogP contribution in [-0.4, -0.2) is 30.3 Å². The normalized spacial score (nSPS) is 20.6. The highest BCUT2D eigenvalue weighted by Crippen LogP contribution is 2.13. The molecule has 16 heavy (non-hydrogen) atoms. The van der Waals surface area contributed by atoms with Gasteiger partial charge in [-0.3, -0.25) is 0 Å². The Labute approximate surface area is 92.3 Å². The standard InChI is InChI=1S/C8H15N.C2HF3O2/c1-2-4-8-5-3-6-9-7-8;3-2(4,5)1(6)7/h2,8-9H,1,3-7H2;(H,6,7). The van der Waals surface area contributed by atoms with Gasteiger partial charge in [0.2, 0.25) is 0 Å². The third-order valence-corrected chi connectivity index (χ3v) is 2.14. The fourth-order valence-electron chi connectivity index (χ4n) is 1.36. The Balaban J connectivity index is 0.000000293. The third-order valence-electron chi connectivity index (χ3n) is 2.14. The zero-order chi connectivity index (χ0) is 12.6. The number of halogens is 3. The summed E-state index contributed by atoms with van der Waals surface area (Å²) in [5, 5.41) is 10.5. The first-order chi connectivity index (χ1) is 7.38. The molecule has 0 radical (unpaired) electrons. The Morgan fingerprint density at radius 2 is 2.12 bits per heavy atom. The van der Waals surface area contributed by atoms with Crippen LogP contribution in [0.4, 0.5) is 13.2 Å². The number of carboxylic acid groups (broad SMARTS) is 1. The van der Waals surface area contributed by atoms with Gasteiger partial charge in [-0.05, 0) is 38.3 Å². The van der Waals surface area contributed by atoms with Crippen LogP contribution in [0.5, 0.6) is 0 Å². The van der Waals surface area contributed by atoms with E-state index in [0.29, 0.717) is 0 Å². The summed E-state index contributed by atoms with van der Waals surface area (Å²) in [5.41, 5.74) is 0. The average molecular weight is 239 g/mol. The molecule has 0 bridgehead atoms. The molecule has 1 rings (SSSR count). The summed E-state index contributed by atoms with van der Waals surface area (Å²) in [4.78, 5) is 8.90. The van der Waals surface area contributed by atoms with Crippen LogP contribution in [0.15, 0.2) is 12.7 Å². The third kappa shape index (κ3) is 7.28. The van der Waals surface area contributed by atoms with Crippen molar-refractivity contribution in [1.29, 1.82) is 0 Å². The molecule has 0 amide bonds. The van der Waals surface area contributed by atoms with Crippen LogP contribution in [0, 0.1) is 5.92 Å². The van der Waals surface area contributed by atoms with Crippen molar-refractivity contribution in [1.82, 2.24) is 5.32 Å². The van der Waals surface area contributed by atoms with E-state index in [9.17, 15) is 13.2 Å². The Morgan fingerprint density at radius 3 is 2.44 bits per heavy atom. The van der Waals surface area contributed by atoms with Crippen molar-refractivity contribution >= 4 is 5.97 Å². The van der Waals surface area contributed by atoms with Crippen molar-refractivity contribution in [3.05, 3.63) is 12.7 Å². The predicted molar refractivity (Wildman–Crippen MR) is 54.1 cm³/mol. The highest BCUT2D eigenvalue weighted by Gasteiger charge is 2.38. The maximum Gasteiger partial charge on any atom is 0.490 e. The van der Waals surface area contributed by atoms with Gasteiger partial charge in [0.1, 0.15) is 0 Å². The molecule has 1 aliphatic heterocycles. The molecule has 0 aromatic heterocycles. The van der Waals surface area contributed by atoms with E-state index in [1.54, 1.807) is 0 Å². The van der Waals surface area contributed by atoms with Crippen LogP contribution in [0.2, 0.25) is 0 Å². The summed E-state index contributed by atoms with van der Waals surface area (Å²) in [6.07, 6.45) is 0.863. The highest BCUT2D eigenvalue weighted by molar-refractivity contribution is 5.73. The van der Waals surface area contributed by atoms with Crippen LogP contribution >= 0.6 is 0 Å². The number of hydrogen-bond acceptors (Lipinski definition) is 2. The molecule has 6 heteroatoms. The van der Waals surface area contributed by atoms with Crippen molar-refractivity contribution in [2.24, 2.45) is 5.92 Å². The highest BCUT2D eigenvalue weighted by atomic mass is 19.4. The van der Waals surface area contributed by atoms with Gasteiger partial charge in [-0.15, -0.1) is 6.58 Å². The Bertz CT molecular complexity index is 223. The molecule has 0 aromatic rings. The van der Waals surface area contributed by atoms with Crippen molar-refractivity contribution in [3.8, 4) is 0 Å². The number of carboxylic acids is 1. The summed E-state index contributed by atoms with van der Waals surface area (Å²) in [6, 6.07) is 0. The van der Waals surface area contributed by atoms with Crippen LogP contribution < -0.4 is 5.32 Å². The number of piperidine rings is 1. The molecule has 94 valence electrons. The van der Waals surface area contributed by atoms with E-state index in [0.717, 1.165) is 5.92 Å². The number of aliphatic carboxylic acids is 1. The molecule has 1 atom stereocenters. The minimum Gasteiger partial charge on any atom is -0.475 e. The van der Waals surface area contributed by atoms with Crippen LogP contribution in [0.25, 0.3) is 0 Å². The lowest BCUT2D eigenvalue weighted by Crippen LogP contribution is -2.29. The number of allylic oxidation sites excluding steroid dienone is 1. The lowest BCUT2D eigenvalue weighted by Gasteiger charge is -2.20. The van der Waals surface area contributed by atoms with Gasteiger partial charge in [0, 0.05) is 0 Å². The number of nitrogens with one attached hydrogen (secondary N) is 1. The molecular weight excluding hydrogens is 223 g/mol. The van der Waals surface area contributed by atoms with Crippen molar-refractivity contribution in [2.45, 2.75) is 25.4 Å². The number of carbonyl (C=O) groups is 1. The van der Waals surface area contributed by atoms with Gasteiger partial charge in [0.25, 0.3) is 0 Å². The Hall–Kier alpha value is -1.04. The van der Waals surface area contributed by atoms with Gasteiger partial charge >= 0.3 is 12.1 Å². The zero-order valence-electron chi connectivity index (χ0n) is 8.89. The second kappa shape index (κ2) is 7.27. The summed E-state index contributed by atoms with van der Waals surface area (Å²) in [6.45, 7) is 6.14. The van der Waals surface area contributed by atoms with Crippen molar-refractivity contribution in [3.63, 3.8) is 0 Å². The van der Waals surface area contributed by atoms with Gasteiger partial charge in [-0.1, -0.05) is 6.08 Å². The van der Waals surface area contributed by atoms with Gasteiger partial charge in [-0.25, -0.2) is 4.79 Å². The lowest BCUT2D eigenvalue weighted by atomic mass is 9.96. The number of rotatable bonds is 2. The molecule has 2 N–H and O–H groups in total. The fraction of sp³-hybridized carbons (Fsp3) is 0.700. The van der Waals surface area contributed by atoms with Crippen LogP contribution in [-0.2, 0) is 4.79 Å². The quantitative estimate of drug-likeness (QED) is 0.726. The molecule has 1 fully saturated rings. The molecular formula is C10H16F3NO2. The van der Waals surface area contributed by atoms with Crippen LogP contribution in [0.1, 0.15) is 19.3 Å². The van der Waals surface area contributed by atoms with E-state index in [1.807, 2.05) is 6.08 Å². The van der Waals surface area contributed by atoms with E-state index in [2.05, 4.69) is 11.9 Å². The summed E-state index contributed by atoms with van der Waals surface area (Å²) >= 11 is 0. The molecule has 0 saturated carbocycles. The summed E-state index contributed by atoms with van der Waals surface area (Å²) < 4.78 is 31.7. The van der Waals surface area contributed by atoms with E-state index in [4.69, 9.17) is 9.90 Å². The smallest absolute Gasteiger partial charge is 0.475 e. The van der Waals surface area contributed by atoms with Gasteiger partial charge < -0.3 is 10.4 Å². The second-order valence-electron chi connectivity index (χ2n) is 3.54. The molecule has 3 nitrogen and oxygen atoms in total. The average Bonchev–Trinajstić information content (AvgIpc) is 2.19. The van der Waals surface area contributed by atoms with Gasteiger partial charge in [0.05, 0.1) is 0 Å². The number of hydrogen-bond donors (Lipinski definition) is 2. The van der Waals surface area contributed by atoms with Crippen LogP contribution in [0.3, 0.4) is 0 Å². The topological polar surface area (TPSA) is 49.3 Å². The molecule has 0 aliphatic carbocycles. The van der Waals surface area contributed by atoms with Gasteiger partial charge in [-0.2, -0.15) is 13.2 Å². The van der Waals surface area contributed by atoms with E-state index >= 15 is 0 Å². The molecule has 1 saturated heterocycles. The molecule has 1 unspecified atom stereocenters. The molecule has 1 heterocycles. The molecule has 1 aliphatic rings. The Kier molecular flexibility index (Phi) is 6.80. The van der Waals surface area contributed by atoms with Crippen molar-refractivity contribution in [2.75, 3.05) is 13.1 Å². The zero-order valence-corrected chi connectivity index (χ0v) is 8.89. The largest absolute Gasteiger partial charge is 0.490 e. The predicted octanol–water partition coefficient (Wildman–Crippen LogP) is 2.20. The summed E-state index contributed by atoms with van der Waals surface area (Å²) in [5.74, 6) is -1.89. The first-order valence-electron chi connectivity index (χ1n) is 4.99. The monoisotopic (exact) mass is 239 g/mol. The van der Waals surface area contributed by atoms with E-state index < -0.39 is 12.1 Å². The minimum absolute atomic E-state index is 0.872. The minimum atomic E-state index is -5.08. The summed E-state index contributed by atoms with van der Waals surface area (Å²) in [7, 11) is 0. The fourth-order valence-corrected chi connectivity index (χ4v) is 1.36. The first-order valence-corrected chi connectivity index (χ1v) is 4.99. The second-order valence-corrected chi connectivity index (χ2v) is 3.54. The molecule has 0 spiro atoms. The molecule has 0 aromatic carbocycles. The van der Waals surface area contributed by atoms with Crippen molar-refractivity contribution < 1.29 is 23.1 Å². The SMILES string of the molecule is C=CCC1CCCNC1.O=C(O)C(F)(F)F. The van der Waals surface area contributed by atoms with E-state index in [-0.39, 0.29) is 0 Å². The maximum atomic E-state index is 10.6. The Morgan fingerprint density at radius 1 is 1.56 bits per heavy atom. The van der Waals surface area contributed by atoms with E-state index in [1.165, 1.54) is 32.4 Å². The maximum absolute atomic E-state index is 10.6. The first kappa shape index (κ1) is 15.0. The van der Waals surface area contributed by atoms with Gasteiger partial charge in [0.15, 0.2) is 0 Å².